The van der Waals surface area contributed by atoms with Gasteiger partial charge in [-0.1, -0.05) is 15.9 Å². The molecule has 0 saturated carbocycles. The van der Waals surface area contributed by atoms with Crippen LogP contribution >= 0.6 is 28.3 Å². The fourth-order valence-electron chi connectivity index (χ4n) is 2.40. The first-order valence-electron chi connectivity index (χ1n) is 7.03. The van der Waals surface area contributed by atoms with Gasteiger partial charge in [0.2, 0.25) is 5.91 Å². The van der Waals surface area contributed by atoms with Gasteiger partial charge >= 0.3 is 0 Å². The van der Waals surface area contributed by atoms with Crippen LogP contribution in [0.3, 0.4) is 0 Å². The van der Waals surface area contributed by atoms with E-state index in [4.69, 9.17) is 10.5 Å². The molecule has 0 bridgehead atoms. The smallest absolute Gasteiger partial charge is 0.224 e. The summed E-state index contributed by atoms with van der Waals surface area (Å²) < 4.78 is 6.54. The van der Waals surface area contributed by atoms with Crippen LogP contribution in [-0.4, -0.2) is 18.6 Å². The van der Waals surface area contributed by atoms with Crippen molar-refractivity contribution in [3.8, 4) is 0 Å². The average Bonchev–Trinajstić information content (AvgIpc) is 2.43. The summed E-state index contributed by atoms with van der Waals surface area (Å²) in [7, 11) is 0. The van der Waals surface area contributed by atoms with Gasteiger partial charge in [-0.25, -0.2) is 0 Å². The van der Waals surface area contributed by atoms with Gasteiger partial charge in [-0.2, -0.15) is 0 Å². The van der Waals surface area contributed by atoms with E-state index in [0.29, 0.717) is 17.8 Å². The minimum atomic E-state index is -0.0108. The number of nitrogens with one attached hydrogen (secondary N) is 1. The summed E-state index contributed by atoms with van der Waals surface area (Å²) in [4.78, 5) is 12.0. The molecule has 1 aromatic rings. The second kappa shape index (κ2) is 8.61. The van der Waals surface area contributed by atoms with Crippen LogP contribution in [0.25, 0.3) is 0 Å². The maximum atomic E-state index is 12.0. The summed E-state index contributed by atoms with van der Waals surface area (Å²) in [6.07, 6.45) is 4.87. The molecule has 4 nitrogen and oxygen atoms in total. The van der Waals surface area contributed by atoms with Gasteiger partial charge in [0.1, 0.15) is 0 Å². The van der Waals surface area contributed by atoms with Gasteiger partial charge < -0.3 is 15.8 Å². The zero-order chi connectivity index (χ0) is 14.5. The van der Waals surface area contributed by atoms with Gasteiger partial charge in [0.25, 0.3) is 0 Å². The molecule has 1 heterocycles. The highest BCUT2D eigenvalue weighted by atomic mass is 79.9. The fourth-order valence-corrected chi connectivity index (χ4v) is 2.97. The van der Waals surface area contributed by atoms with Crippen molar-refractivity contribution < 1.29 is 9.53 Å². The first-order valence-corrected chi connectivity index (χ1v) is 7.82. The largest absolute Gasteiger partial charge is 0.397 e. The molecule has 1 saturated heterocycles. The van der Waals surface area contributed by atoms with E-state index in [2.05, 4.69) is 21.2 Å². The maximum absolute atomic E-state index is 12.0. The average molecular weight is 378 g/mol. The Balaban J connectivity index is 0.00000220. The summed E-state index contributed by atoms with van der Waals surface area (Å²) in [6, 6.07) is 3.76. The summed E-state index contributed by atoms with van der Waals surface area (Å²) >= 11 is 3.41. The Morgan fingerprint density at radius 3 is 2.90 bits per heavy atom. The number of rotatable bonds is 4. The predicted octanol–water partition coefficient (Wildman–Crippen LogP) is 4.05. The number of halogens is 2. The molecule has 2 rings (SSSR count). The Labute approximate surface area is 140 Å². The SMILES string of the molecule is Cc1cc(Br)cc(NC(=O)CCC2CCCCO2)c1N.Cl. The molecule has 118 valence electrons. The highest BCUT2D eigenvalue weighted by molar-refractivity contribution is 9.10. The zero-order valence-electron chi connectivity index (χ0n) is 12.2. The summed E-state index contributed by atoms with van der Waals surface area (Å²) in [6.45, 7) is 2.75. The van der Waals surface area contributed by atoms with E-state index in [1.165, 1.54) is 6.42 Å². The van der Waals surface area contributed by atoms with Crippen LogP contribution in [-0.2, 0) is 9.53 Å². The van der Waals surface area contributed by atoms with Crippen LogP contribution in [0.1, 0.15) is 37.7 Å². The number of carbonyl (C=O) groups is 1. The lowest BCUT2D eigenvalue weighted by molar-refractivity contribution is -0.117. The van der Waals surface area contributed by atoms with Crippen molar-refractivity contribution in [3.05, 3.63) is 22.2 Å². The standard InChI is InChI=1S/C15H21BrN2O2.ClH/c1-10-8-11(16)9-13(15(10)17)18-14(19)6-5-12-4-2-3-7-20-12;/h8-9,12H,2-7,17H2,1H3,(H,18,19);1H. The first kappa shape index (κ1) is 18.3. The van der Waals surface area contributed by atoms with Crippen LogP contribution in [0.2, 0.25) is 0 Å². The Kier molecular flexibility index (Phi) is 7.49. The third-order valence-corrected chi connectivity index (χ3v) is 4.05. The van der Waals surface area contributed by atoms with Gasteiger partial charge in [0.15, 0.2) is 0 Å². The normalized spacial score (nSPS) is 17.9. The van der Waals surface area contributed by atoms with Crippen molar-refractivity contribution >= 4 is 45.6 Å². The van der Waals surface area contributed by atoms with E-state index < -0.39 is 0 Å². The van der Waals surface area contributed by atoms with Gasteiger partial charge in [-0.3, -0.25) is 4.79 Å². The van der Waals surface area contributed by atoms with E-state index in [9.17, 15) is 4.79 Å². The molecule has 0 aromatic heterocycles. The molecule has 1 aliphatic heterocycles. The lowest BCUT2D eigenvalue weighted by Gasteiger charge is -2.22. The van der Waals surface area contributed by atoms with Crippen LogP contribution in [0, 0.1) is 6.92 Å². The Morgan fingerprint density at radius 1 is 1.48 bits per heavy atom. The number of aryl methyl sites for hydroxylation is 1. The number of hydrogen-bond donors (Lipinski definition) is 2. The topological polar surface area (TPSA) is 64.3 Å². The second-order valence-electron chi connectivity index (χ2n) is 5.26. The highest BCUT2D eigenvalue weighted by Crippen LogP contribution is 2.27. The minimum Gasteiger partial charge on any atom is -0.397 e. The predicted molar refractivity (Wildman–Crippen MR) is 92.0 cm³/mol. The molecule has 6 heteroatoms. The number of ether oxygens (including phenoxy) is 1. The molecule has 0 spiro atoms. The number of nitrogens with two attached hydrogens (primary N) is 1. The zero-order valence-corrected chi connectivity index (χ0v) is 14.6. The Bertz CT molecular complexity index is 491. The van der Waals surface area contributed by atoms with Gasteiger partial charge in [0, 0.05) is 17.5 Å². The molecule has 1 atom stereocenters. The number of benzene rings is 1. The summed E-state index contributed by atoms with van der Waals surface area (Å²) in [5.74, 6) is -0.0108. The third-order valence-electron chi connectivity index (χ3n) is 3.59. The van der Waals surface area contributed by atoms with Gasteiger partial charge in [-0.15, -0.1) is 12.4 Å². The van der Waals surface area contributed by atoms with Crippen LogP contribution < -0.4 is 11.1 Å². The number of amides is 1. The third kappa shape index (κ3) is 5.49. The molecular weight excluding hydrogens is 356 g/mol. The Morgan fingerprint density at radius 2 is 2.24 bits per heavy atom. The van der Waals surface area contributed by atoms with Gasteiger partial charge in [-0.05, 0) is 50.3 Å². The molecule has 1 aliphatic rings. The maximum Gasteiger partial charge on any atom is 0.224 e. The number of carbonyl (C=O) groups excluding carboxylic acids is 1. The summed E-state index contributed by atoms with van der Waals surface area (Å²) in [5.41, 5.74) is 8.22. The molecule has 0 aliphatic carbocycles. The van der Waals surface area contributed by atoms with E-state index >= 15 is 0 Å². The van der Waals surface area contributed by atoms with Crippen LogP contribution in [0.15, 0.2) is 16.6 Å². The number of hydrogen-bond acceptors (Lipinski definition) is 3. The van der Waals surface area contributed by atoms with Crippen LogP contribution in [0.4, 0.5) is 11.4 Å². The molecule has 1 amide bonds. The lowest BCUT2D eigenvalue weighted by Crippen LogP contribution is -2.22. The first-order chi connectivity index (χ1) is 9.56. The minimum absolute atomic E-state index is 0. The number of anilines is 2. The van der Waals surface area contributed by atoms with Crippen molar-refractivity contribution in [3.63, 3.8) is 0 Å². The van der Waals surface area contributed by atoms with Crippen LogP contribution in [0.5, 0.6) is 0 Å². The molecule has 1 fully saturated rings. The van der Waals surface area contributed by atoms with Crippen molar-refractivity contribution in [1.29, 1.82) is 0 Å². The summed E-state index contributed by atoms with van der Waals surface area (Å²) in [5, 5.41) is 2.88. The van der Waals surface area contributed by atoms with E-state index in [0.717, 1.165) is 35.9 Å². The quantitative estimate of drug-likeness (QED) is 0.778. The molecule has 3 N–H and O–H groups in total. The van der Waals surface area contributed by atoms with Gasteiger partial charge in [0.05, 0.1) is 17.5 Å². The fraction of sp³-hybridized carbons (Fsp3) is 0.533. The van der Waals surface area contributed by atoms with Crippen molar-refractivity contribution in [2.75, 3.05) is 17.7 Å². The van der Waals surface area contributed by atoms with Crippen molar-refractivity contribution in [1.82, 2.24) is 0 Å². The van der Waals surface area contributed by atoms with E-state index in [1.807, 2.05) is 19.1 Å². The van der Waals surface area contributed by atoms with Crippen molar-refractivity contribution in [2.24, 2.45) is 0 Å². The van der Waals surface area contributed by atoms with Crippen molar-refractivity contribution in [2.45, 2.75) is 45.1 Å². The van der Waals surface area contributed by atoms with E-state index in [-0.39, 0.29) is 24.4 Å². The number of nitrogen functional groups attached to an aromatic ring is 1. The second-order valence-corrected chi connectivity index (χ2v) is 6.18. The molecule has 0 radical (unpaired) electrons. The monoisotopic (exact) mass is 376 g/mol. The van der Waals surface area contributed by atoms with E-state index in [1.54, 1.807) is 0 Å². The lowest BCUT2D eigenvalue weighted by atomic mass is 10.0. The molecule has 1 aromatic carbocycles. The molecule has 1 unspecified atom stereocenters. The Hall–Kier alpha value is -0.780. The molecule has 21 heavy (non-hydrogen) atoms. The molecular formula is C15H22BrClN2O2. The highest BCUT2D eigenvalue weighted by Gasteiger charge is 2.16.